The van der Waals surface area contributed by atoms with E-state index in [4.69, 9.17) is 0 Å². The normalized spacial score (nSPS) is 10.0. The van der Waals surface area contributed by atoms with Gasteiger partial charge in [0.25, 0.3) is 0 Å². The Balaban J connectivity index is 2.47. The summed E-state index contributed by atoms with van der Waals surface area (Å²) in [7, 11) is 0. The zero-order valence-corrected chi connectivity index (χ0v) is 12.4. The summed E-state index contributed by atoms with van der Waals surface area (Å²) in [4.78, 5) is 0. The molecule has 0 fully saturated rings. The predicted molar refractivity (Wildman–Crippen MR) is 86.7 cm³/mol. The summed E-state index contributed by atoms with van der Waals surface area (Å²) in [5.74, 6) is -1.78. The third-order valence-corrected chi connectivity index (χ3v) is 3.73. The molecule has 0 saturated carbocycles. The van der Waals surface area contributed by atoms with Crippen molar-refractivity contribution in [3.05, 3.63) is 83.4 Å². The molecule has 4 heteroatoms. The van der Waals surface area contributed by atoms with Crippen LogP contribution in [0.3, 0.4) is 0 Å². The molecule has 0 spiro atoms. The lowest BCUT2D eigenvalue weighted by Gasteiger charge is -2.14. The highest BCUT2D eigenvalue weighted by Gasteiger charge is 2.26. The maximum absolute atomic E-state index is 15.3. The van der Waals surface area contributed by atoms with Crippen LogP contribution in [0.1, 0.15) is 11.1 Å². The lowest BCUT2D eigenvalue weighted by atomic mass is 9.90. The van der Waals surface area contributed by atoms with E-state index in [0.29, 0.717) is 11.1 Å². The molecule has 0 radical (unpaired) electrons. The fourth-order valence-corrected chi connectivity index (χ4v) is 2.65. The number of benzene rings is 3. The van der Waals surface area contributed by atoms with E-state index in [-0.39, 0.29) is 11.1 Å². The topological polar surface area (TPSA) is 47.6 Å². The maximum atomic E-state index is 15.3. The van der Waals surface area contributed by atoms with Crippen molar-refractivity contribution < 1.29 is 8.78 Å². The van der Waals surface area contributed by atoms with Crippen LogP contribution in [-0.4, -0.2) is 0 Å². The molecule has 3 aromatic carbocycles. The first-order valence-corrected chi connectivity index (χ1v) is 7.15. The number of halogens is 2. The van der Waals surface area contributed by atoms with Gasteiger partial charge in [-0.1, -0.05) is 60.7 Å². The van der Waals surface area contributed by atoms with E-state index < -0.39 is 22.8 Å². The van der Waals surface area contributed by atoms with Crippen molar-refractivity contribution in [2.45, 2.75) is 0 Å². The Morgan fingerprint density at radius 1 is 0.583 bits per heavy atom. The molecule has 3 aromatic rings. The summed E-state index contributed by atoms with van der Waals surface area (Å²) in [6.45, 7) is 0. The van der Waals surface area contributed by atoms with Crippen LogP contribution in [0.25, 0.3) is 22.3 Å². The lowest BCUT2D eigenvalue weighted by Crippen LogP contribution is -2.03. The average Bonchev–Trinajstić information content (AvgIpc) is 2.64. The smallest absolute Gasteiger partial charge is 0.160 e. The van der Waals surface area contributed by atoms with Crippen LogP contribution < -0.4 is 0 Å². The Labute approximate surface area is 137 Å². The SMILES string of the molecule is N#Cc1c(F)c(C#N)c(-c2ccccc2)c(F)c1-c1ccccc1. The Bertz CT molecular complexity index is 904. The summed E-state index contributed by atoms with van der Waals surface area (Å²) < 4.78 is 30.0. The van der Waals surface area contributed by atoms with Gasteiger partial charge in [0.2, 0.25) is 0 Å². The summed E-state index contributed by atoms with van der Waals surface area (Å²) in [6.07, 6.45) is 0. The van der Waals surface area contributed by atoms with Gasteiger partial charge < -0.3 is 0 Å². The minimum Gasteiger partial charge on any atom is -0.206 e. The van der Waals surface area contributed by atoms with Gasteiger partial charge in [-0.15, -0.1) is 0 Å². The van der Waals surface area contributed by atoms with Crippen LogP contribution in [0.4, 0.5) is 8.78 Å². The van der Waals surface area contributed by atoms with Gasteiger partial charge in [-0.2, -0.15) is 10.5 Å². The van der Waals surface area contributed by atoms with Crippen molar-refractivity contribution in [3.8, 4) is 34.4 Å². The van der Waals surface area contributed by atoms with Crippen LogP contribution in [0.15, 0.2) is 60.7 Å². The summed E-state index contributed by atoms with van der Waals surface area (Å²) in [5.41, 5.74) is -0.425. The Morgan fingerprint density at radius 3 is 1.29 bits per heavy atom. The summed E-state index contributed by atoms with van der Waals surface area (Å²) in [5, 5.41) is 18.6. The van der Waals surface area contributed by atoms with Crippen LogP contribution in [0, 0.1) is 34.3 Å². The van der Waals surface area contributed by atoms with Gasteiger partial charge in [0.1, 0.15) is 18.0 Å². The minimum absolute atomic E-state index is 0.131. The molecular formula is C20H10F2N2. The van der Waals surface area contributed by atoms with Crippen LogP contribution in [0.5, 0.6) is 0 Å². The number of nitriles is 2. The molecule has 3 rings (SSSR count). The molecule has 0 heterocycles. The van der Waals surface area contributed by atoms with E-state index in [1.807, 2.05) is 0 Å². The van der Waals surface area contributed by atoms with Crippen LogP contribution >= 0.6 is 0 Å². The van der Waals surface area contributed by atoms with Gasteiger partial charge >= 0.3 is 0 Å². The second-order valence-electron chi connectivity index (χ2n) is 5.08. The van der Waals surface area contributed by atoms with E-state index in [0.717, 1.165) is 0 Å². The van der Waals surface area contributed by atoms with Gasteiger partial charge in [0.15, 0.2) is 5.82 Å². The van der Waals surface area contributed by atoms with Gasteiger partial charge in [-0.25, -0.2) is 8.78 Å². The van der Waals surface area contributed by atoms with E-state index >= 15 is 4.39 Å². The Morgan fingerprint density at radius 2 is 0.958 bits per heavy atom. The van der Waals surface area contributed by atoms with Gasteiger partial charge in [-0.05, 0) is 11.1 Å². The van der Waals surface area contributed by atoms with Crippen molar-refractivity contribution in [2.24, 2.45) is 0 Å². The van der Waals surface area contributed by atoms with Crippen molar-refractivity contribution in [1.82, 2.24) is 0 Å². The third kappa shape index (κ3) is 2.41. The second-order valence-corrected chi connectivity index (χ2v) is 5.08. The second kappa shape index (κ2) is 6.32. The first-order valence-electron chi connectivity index (χ1n) is 7.15. The highest BCUT2D eigenvalue weighted by atomic mass is 19.1. The molecule has 0 aliphatic carbocycles. The molecule has 0 N–H and O–H groups in total. The summed E-state index contributed by atoms with van der Waals surface area (Å²) >= 11 is 0. The van der Waals surface area contributed by atoms with E-state index in [1.54, 1.807) is 72.8 Å². The Hall–Kier alpha value is -3.50. The minimum atomic E-state index is -1.00. The maximum Gasteiger partial charge on any atom is 0.160 e. The van der Waals surface area contributed by atoms with Crippen molar-refractivity contribution in [3.63, 3.8) is 0 Å². The fraction of sp³-hybridized carbons (Fsp3) is 0. The first-order chi connectivity index (χ1) is 11.7. The summed E-state index contributed by atoms with van der Waals surface area (Å²) in [6, 6.07) is 20.0. The van der Waals surface area contributed by atoms with Crippen molar-refractivity contribution in [2.75, 3.05) is 0 Å². The number of rotatable bonds is 2. The predicted octanol–water partition coefficient (Wildman–Crippen LogP) is 5.04. The molecule has 0 aliphatic heterocycles. The number of nitrogens with zero attached hydrogens (tertiary/aromatic N) is 2. The zero-order chi connectivity index (χ0) is 17.1. The lowest BCUT2D eigenvalue weighted by molar-refractivity contribution is 0.599. The van der Waals surface area contributed by atoms with Gasteiger partial charge in [-0.3, -0.25) is 0 Å². The van der Waals surface area contributed by atoms with Gasteiger partial charge in [0, 0.05) is 11.1 Å². The monoisotopic (exact) mass is 316 g/mol. The fourth-order valence-electron chi connectivity index (χ4n) is 2.65. The Kier molecular flexibility index (Phi) is 4.05. The zero-order valence-electron chi connectivity index (χ0n) is 12.4. The van der Waals surface area contributed by atoms with Gasteiger partial charge in [0.05, 0.1) is 11.1 Å². The van der Waals surface area contributed by atoms with E-state index in [2.05, 4.69) is 0 Å². The average molecular weight is 316 g/mol. The molecule has 0 bridgehead atoms. The van der Waals surface area contributed by atoms with Crippen LogP contribution in [0.2, 0.25) is 0 Å². The molecule has 0 amide bonds. The molecule has 0 saturated heterocycles. The van der Waals surface area contributed by atoms with E-state index in [1.165, 1.54) is 0 Å². The molecule has 0 aromatic heterocycles. The highest BCUT2D eigenvalue weighted by molar-refractivity contribution is 5.82. The van der Waals surface area contributed by atoms with E-state index in [9.17, 15) is 14.9 Å². The molecule has 114 valence electrons. The quantitative estimate of drug-likeness (QED) is 0.665. The van der Waals surface area contributed by atoms with Crippen LogP contribution in [-0.2, 0) is 0 Å². The first kappa shape index (κ1) is 15.4. The number of hydrogen-bond acceptors (Lipinski definition) is 2. The largest absolute Gasteiger partial charge is 0.206 e. The third-order valence-electron chi connectivity index (χ3n) is 3.73. The molecule has 0 atom stereocenters. The van der Waals surface area contributed by atoms with Crippen molar-refractivity contribution >= 4 is 0 Å². The molecule has 24 heavy (non-hydrogen) atoms. The molecule has 0 aliphatic rings. The molecular weight excluding hydrogens is 306 g/mol. The molecule has 0 unspecified atom stereocenters. The highest BCUT2D eigenvalue weighted by Crippen LogP contribution is 2.38. The molecule has 2 nitrogen and oxygen atoms in total. The van der Waals surface area contributed by atoms with Crippen molar-refractivity contribution in [1.29, 1.82) is 10.5 Å². The standard InChI is InChI=1S/C20H10F2N2/c21-19-15(11-23)17(13-7-3-1-4-8-13)20(22)18(16(19)12-24)14-9-5-2-6-10-14/h1-10H. The number of hydrogen-bond donors (Lipinski definition) is 0.